The Morgan fingerprint density at radius 1 is 1.36 bits per heavy atom. The summed E-state index contributed by atoms with van der Waals surface area (Å²) in [6.07, 6.45) is 0. The summed E-state index contributed by atoms with van der Waals surface area (Å²) in [4.78, 5) is 5.51. The minimum Gasteiger partial charge on any atom is -0.321 e. The van der Waals surface area contributed by atoms with E-state index in [-0.39, 0.29) is 5.54 Å². The van der Waals surface area contributed by atoms with Gasteiger partial charge in [0, 0.05) is 10.4 Å². The molecule has 0 saturated carbocycles. The maximum Gasteiger partial charge on any atom is 0.0900 e. The molecule has 0 bridgehead atoms. The van der Waals surface area contributed by atoms with Crippen LogP contribution in [0.5, 0.6) is 0 Å². The molecule has 2 nitrogen and oxygen atoms in total. The molecule has 0 unspecified atom stereocenters. The molecule has 62 valence electrons. The van der Waals surface area contributed by atoms with Gasteiger partial charge in [-0.3, -0.25) is 0 Å². The number of rotatable bonds is 1. The van der Waals surface area contributed by atoms with Crippen LogP contribution in [0.2, 0.25) is 0 Å². The highest BCUT2D eigenvalue weighted by molar-refractivity contribution is 7.11. The van der Waals surface area contributed by atoms with E-state index in [0.717, 1.165) is 10.7 Å². The quantitative estimate of drug-likeness (QED) is 0.699. The van der Waals surface area contributed by atoms with Gasteiger partial charge in [0.2, 0.25) is 0 Å². The molecular weight excluding hydrogens is 156 g/mol. The Morgan fingerprint density at radius 2 is 1.91 bits per heavy atom. The van der Waals surface area contributed by atoms with Gasteiger partial charge >= 0.3 is 0 Å². The van der Waals surface area contributed by atoms with Crippen molar-refractivity contribution >= 4 is 11.3 Å². The minimum atomic E-state index is -0.240. The van der Waals surface area contributed by atoms with E-state index in [0.29, 0.717) is 0 Å². The number of hydrogen-bond donors (Lipinski definition) is 1. The highest BCUT2D eigenvalue weighted by Crippen LogP contribution is 2.26. The smallest absolute Gasteiger partial charge is 0.0900 e. The molecule has 11 heavy (non-hydrogen) atoms. The van der Waals surface area contributed by atoms with Crippen LogP contribution in [0, 0.1) is 13.8 Å². The summed E-state index contributed by atoms with van der Waals surface area (Å²) in [5.41, 5.74) is 6.77. The molecular formula is C8H14N2S. The summed E-state index contributed by atoms with van der Waals surface area (Å²) in [6.45, 7) is 8.03. The van der Waals surface area contributed by atoms with Crippen LogP contribution in [0.1, 0.15) is 29.4 Å². The zero-order chi connectivity index (χ0) is 8.65. The van der Waals surface area contributed by atoms with Crippen LogP contribution < -0.4 is 5.73 Å². The van der Waals surface area contributed by atoms with Gasteiger partial charge < -0.3 is 5.73 Å². The van der Waals surface area contributed by atoms with E-state index in [1.165, 1.54) is 4.88 Å². The maximum absolute atomic E-state index is 5.94. The summed E-state index contributed by atoms with van der Waals surface area (Å²) in [6, 6.07) is 0. The SMILES string of the molecule is Cc1nc(C)c(C(C)(C)N)s1. The molecule has 1 heterocycles. The molecule has 0 aliphatic rings. The Hall–Kier alpha value is -0.410. The van der Waals surface area contributed by atoms with Crippen molar-refractivity contribution in [2.75, 3.05) is 0 Å². The van der Waals surface area contributed by atoms with Crippen LogP contribution in [-0.4, -0.2) is 4.98 Å². The minimum absolute atomic E-state index is 0.240. The molecule has 1 rings (SSSR count). The molecule has 0 aliphatic heterocycles. The van der Waals surface area contributed by atoms with Crippen molar-refractivity contribution in [3.05, 3.63) is 15.6 Å². The molecule has 0 amide bonds. The zero-order valence-electron chi connectivity index (χ0n) is 7.43. The van der Waals surface area contributed by atoms with Gasteiger partial charge in [0.25, 0.3) is 0 Å². The molecule has 1 aromatic rings. The monoisotopic (exact) mass is 170 g/mol. The predicted molar refractivity (Wildman–Crippen MR) is 48.8 cm³/mol. The van der Waals surface area contributed by atoms with Gasteiger partial charge in [-0.2, -0.15) is 0 Å². The molecule has 0 fully saturated rings. The van der Waals surface area contributed by atoms with Gasteiger partial charge in [-0.05, 0) is 27.7 Å². The van der Waals surface area contributed by atoms with E-state index in [4.69, 9.17) is 5.73 Å². The average molecular weight is 170 g/mol. The lowest BCUT2D eigenvalue weighted by atomic mass is 10.0. The highest BCUT2D eigenvalue weighted by Gasteiger charge is 2.19. The molecule has 2 N–H and O–H groups in total. The molecule has 0 saturated heterocycles. The van der Waals surface area contributed by atoms with Crippen molar-refractivity contribution < 1.29 is 0 Å². The summed E-state index contributed by atoms with van der Waals surface area (Å²) in [5.74, 6) is 0. The normalized spacial score (nSPS) is 12.1. The van der Waals surface area contributed by atoms with E-state index in [1.54, 1.807) is 11.3 Å². The molecule has 0 atom stereocenters. The van der Waals surface area contributed by atoms with E-state index in [9.17, 15) is 0 Å². The van der Waals surface area contributed by atoms with Crippen molar-refractivity contribution in [3.63, 3.8) is 0 Å². The number of hydrogen-bond acceptors (Lipinski definition) is 3. The Morgan fingerprint density at radius 3 is 2.09 bits per heavy atom. The average Bonchev–Trinajstić information content (AvgIpc) is 2.08. The van der Waals surface area contributed by atoms with Crippen molar-refractivity contribution in [1.82, 2.24) is 4.98 Å². The first kappa shape index (κ1) is 8.68. The van der Waals surface area contributed by atoms with Gasteiger partial charge in [0.15, 0.2) is 0 Å². The maximum atomic E-state index is 5.94. The third-order valence-corrected chi connectivity index (χ3v) is 2.90. The second kappa shape index (κ2) is 2.57. The topological polar surface area (TPSA) is 38.9 Å². The number of aryl methyl sites for hydroxylation is 2. The molecule has 0 aromatic carbocycles. The highest BCUT2D eigenvalue weighted by atomic mass is 32.1. The summed E-state index contributed by atoms with van der Waals surface area (Å²) >= 11 is 1.69. The predicted octanol–water partition coefficient (Wildman–Crippen LogP) is 1.95. The van der Waals surface area contributed by atoms with E-state index in [2.05, 4.69) is 4.98 Å². The van der Waals surface area contributed by atoms with Crippen LogP contribution in [0.15, 0.2) is 0 Å². The van der Waals surface area contributed by atoms with Crippen molar-refractivity contribution in [2.45, 2.75) is 33.2 Å². The second-order valence-corrected chi connectivity index (χ2v) is 4.57. The number of nitrogens with two attached hydrogens (primary N) is 1. The van der Waals surface area contributed by atoms with Gasteiger partial charge in [-0.25, -0.2) is 4.98 Å². The third kappa shape index (κ3) is 1.79. The Balaban J connectivity index is 3.13. The van der Waals surface area contributed by atoms with Crippen LogP contribution in [0.4, 0.5) is 0 Å². The Bertz CT molecular complexity index is 258. The molecule has 0 aliphatic carbocycles. The van der Waals surface area contributed by atoms with Gasteiger partial charge in [0.05, 0.1) is 10.7 Å². The van der Waals surface area contributed by atoms with E-state index in [1.807, 2.05) is 27.7 Å². The van der Waals surface area contributed by atoms with Gasteiger partial charge in [0.1, 0.15) is 0 Å². The summed E-state index contributed by atoms with van der Waals surface area (Å²) in [7, 11) is 0. The lowest BCUT2D eigenvalue weighted by Crippen LogP contribution is -2.28. The van der Waals surface area contributed by atoms with Crippen LogP contribution in [0.25, 0.3) is 0 Å². The van der Waals surface area contributed by atoms with Crippen molar-refractivity contribution in [3.8, 4) is 0 Å². The third-order valence-electron chi connectivity index (χ3n) is 1.49. The number of thiazole rings is 1. The first-order chi connectivity index (χ1) is 4.91. The second-order valence-electron chi connectivity index (χ2n) is 3.37. The van der Waals surface area contributed by atoms with E-state index >= 15 is 0 Å². The van der Waals surface area contributed by atoms with Crippen molar-refractivity contribution in [1.29, 1.82) is 0 Å². The fraction of sp³-hybridized carbons (Fsp3) is 0.625. The van der Waals surface area contributed by atoms with Crippen LogP contribution >= 0.6 is 11.3 Å². The van der Waals surface area contributed by atoms with Gasteiger partial charge in [-0.15, -0.1) is 11.3 Å². The Labute approximate surface area is 71.5 Å². The Kier molecular flexibility index (Phi) is 2.03. The zero-order valence-corrected chi connectivity index (χ0v) is 8.25. The molecule has 0 spiro atoms. The van der Waals surface area contributed by atoms with Crippen LogP contribution in [0.3, 0.4) is 0 Å². The van der Waals surface area contributed by atoms with Gasteiger partial charge in [-0.1, -0.05) is 0 Å². The summed E-state index contributed by atoms with van der Waals surface area (Å²) < 4.78 is 0. The largest absolute Gasteiger partial charge is 0.321 e. The first-order valence-electron chi connectivity index (χ1n) is 3.64. The number of aromatic nitrogens is 1. The lowest BCUT2D eigenvalue weighted by molar-refractivity contribution is 0.562. The summed E-state index contributed by atoms with van der Waals surface area (Å²) in [5, 5.41) is 1.09. The molecule has 1 aromatic heterocycles. The van der Waals surface area contributed by atoms with Crippen LogP contribution in [-0.2, 0) is 5.54 Å². The van der Waals surface area contributed by atoms with Crippen molar-refractivity contribution in [2.24, 2.45) is 5.73 Å². The number of nitrogens with zero attached hydrogens (tertiary/aromatic N) is 1. The standard InChI is InChI=1S/C8H14N2S/c1-5-7(8(3,4)9)11-6(2)10-5/h9H2,1-4H3. The molecule has 3 heteroatoms. The fourth-order valence-electron chi connectivity index (χ4n) is 1.13. The lowest BCUT2D eigenvalue weighted by Gasteiger charge is -2.16. The van der Waals surface area contributed by atoms with E-state index < -0.39 is 0 Å². The first-order valence-corrected chi connectivity index (χ1v) is 4.46. The molecule has 0 radical (unpaired) electrons. The fourth-order valence-corrected chi connectivity index (χ4v) is 2.06.